The van der Waals surface area contributed by atoms with Gasteiger partial charge in [-0.1, -0.05) is 11.6 Å². The summed E-state index contributed by atoms with van der Waals surface area (Å²) in [6.45, 7) is 1.85. The second kappa shape index (κ2) is 7.75. The lowest BCUT2D eigenvalue weighted by Crippen LogP contribution is -2.20. The summed E-state index contributed by atoms with van der Waals surface area (Å²) in [7, 11) is -0.998. The molecule has 7 nitrogen and oxygen atoms in total. The number of aryl methyl sites for hydroxylation is 1. The van der Waals surface area contributed by atoms with Crippen LogP contribution in [0.1, 0.15) is 15.9 Å². The molecule has 2 N–H and O–H groups in total. The second-order valence-electron chi connectivity index (χ2n) is 5.95. The lowest BCUT2D eigenvalue weighted by molar-refractivity contribution is 0.102. The Morgan fingerprint density at radius 1 is 1.18 bits per heavy atom. The lowest BCUT2D eigenvalue weighted by atomic mass is 10.1. The Hall–Kier alpha value is -2.68. The molecule has 0 spiro atoms. The zero-order valence-corrected chi connectivity index (χ0v) is 17.0. The van der Waals surface area contributed by atoms with E-state index in [1.165, 1.54) is 32.4 Å². The van der Waals surface area contributed by atoms with Crippen LogP contribution in [0.25, 0.3) is 10.9 Å². The molecule has 0 saturated heterocycles. The van der Waals surface area contributed by atoms with Gasteiger partial charge < -0.3 is 10.1 Å². The zero-order chi connectivity index (χ0) is 20.5. The van der Waals surface area contributed by atoms with Gasteiger partial charge in [-0.2, -0.15) is 0 Å². The minimum Gasteiger partial charge on any atom is -0.496 e. The van der Waals surface area contributed by atoms with Gasteiger partial charge in [-0.25, -0.2) is 13.1 Å². The zero-order valence-electron chi connectivity index (χ0n) is 15.4. The number of rotatable bonds is 5. The first-order chi connectivity index (χ1) is 13.3. The van der Waals surface area contributed by atoms with Crippen LogP contribution < -0.4 is 14.8 Å². The molecular weight excluding hydrogens is 402 g/mol. The van der Waals surface area contributed by atoms with Gasteiger partial charge in [0.05, 0.1) is 28.8 Å². The van der Waals surface area contributed by atoms with Crippen LogP contribution in [0.3, 0.4) is 0 Å². The third-order valence-corrected chi connectivity index (χ3v) is 6.16. The van der Waals surface area contributed by atoms with Gasteiger partial charge >= 0.3 is 0 Å². The molecule has 28 heavy (non-hydrogen) atoms. The van der Waals surface area contributed by atoms with Crippen molar-refractivity contribution in [3.63, 3.8) is 0 Å². The van der Waals surface area contributed by atoms with Crippen LogP contribution in [0.5, 0.6) is 5.75 Å². The fourth-order valence-corrected chi connectivity index (χ4v) is 3.69. The number of hydrogen-bond acceptors (Lipinski definition) is 5. The molecule has 1 aromatic heterocycles. The summed E-state index contributed by atoms with van der Waals surface area (Å²) in [5.41, 5.74) is 2.09. The number of nitrogens with zero attached hydrogens (tertiary/aromatic N) is 1. The number of halogens is 1. The number of aromatic nitrogens is 1. The second-order valence-corrected chi connectivity index (χ2v) is 8.24. The molecule has 1 heterocycles. The number of ether oxygens (including phenoxy) is 1. The molecule has 0 bridgehead atoms. The van der Waals surface area contributed by atoms with Crippen LogP contribution >= 0.6 is 11.6 Å². The number of benzene rings is 2. The minimum atomic E-state index is -3.71. The Morgan fingerprint density at radius 2 is 1.93 bits per heavy atom. The maximum atomic E-state index is 12.9. The van der Waals surface area contributed by atoms with Crippen LogP contribution in [0.4, 0.5) is 5.69 Å². The highest BCUT2D eigenvalue weighted by Gasteiger charge is 2.19. The molecule has 2 aromatic carbocycles. The Balaban J connectivity index is 2.06. The van der Waals surface area contributed by atoms with Crippen molar-refractivity contribution < 1.29 is 17.9 Å². The molecule has 0 aliphatic rings. The molecule has 0 radical (unpaired) electrons. The number of nitrogens with one attached hydrogen (secondary N) is 2. The van der Waals surface area contributed by atoms with Crippen molar-refractivity contribution >= 4 is 44.1 Å². The van der Waals surface area contributed by atoms with Crippen LogP contribution in [0.2, 0.25) is 5.02 Å². The SMILES string of the molecule is CNS(=O)(=O)c1ccc(OC)c(C(=O)Nc2ccnc3c(C)c(Cl)ccc23)c1. The molecule has 3 aromatic rings. The van der Waals surface area contributed by atoms with E-state index in [4.69, 9.17) is 16.3 Å². The monoisotopic (exact) mass is 419 g/mol. The van der Waals surface area contributed by atoms with Gasteiger partial charge in [0.2, 0.25) is 10.0 Å². The van der Waals surface area contributed by atoms with Crippen molar-refractivity contribution in [2.24, 2.45) is 0 Å². The van der Waals surface area contributed by atoms with E-state index in [1.807, 2.05) is 6.92 Å². The fourth-order valence-electron chi connectivity index (χ4n) is 2.78. The summed E-state index contributed by atoms with van der Waals surface area (Å²) in [6.07, 6.45) is 1.57. The van der Waals surface area contributed by atoms with E-state index in [1.54, 1.807) is 24.4 Å². The Kier molecular flexibility index (Phi) is 5.55. The molecule has 0 aliphatic carbocycles. The van der Waals surface area contributed by atoms with Crippen molar-refractivity contribution in [1.82, 2.24) is 9.71 Å². The largest absolute Gasteiger partial charge is 0.496 e. The summed E-state index contributed by atoms with van der Waals surface area (Å²) < 4.78 is 31.6. The molecule has 146 valence electrons. The summed E-state index contributed by atoms with van der Waals surface area (Å²) in [5, 5.41) is 4.10. The molecule has 0 fully saturated rings. The van der Waals surface area contributed by atoms with Crippen LogP contribution in [0, 0.1) is 6.92 Å². The number of amides is 1. The van der Waals surface area contributed by atoms with Crippen LogP contribution in [-0.2, 0) is 10.0 Å². The van der Waals surface area contributed by atoms with E-state index in [0.29, 0.717) is 16.2 Å². The highest BCUT2D eigenvalue weighted by atomic mass is 35.5. The molecule has 0 aliphatic heterocycles. The van der Waals surface area contributed by atoms with Crippen molar-refractivity contribution in [3.8, 4) is 5.75 Å². The van der Waals surface area contributed by atoms with Crippen LogP contribution in [0.15, 0.2) is 47.5 Å². The molecular formula is C19H18ClN3O4S. The van der Waals surface area contributed by atoms with Gasteiger partial charge in [-0.15, -0.1) is 0 Å². The smallest absolute Gasteiger partial charge is 0.259 e. The molecule has 9 heteroatoms. The summed E-state index contributed by atoms with van der Waals surface area (Å²) >= 11 is 6.15. The average molecular weight is 420 g/mol. The first kappa shape index (κ1) is 20.1. The van der Waals surface area contributed by atoms with E-state index in [0.717, 1.165) is 10.9 Å². The van der Waals surface area contributed by atoms with Gasteiger partial charge in [0.15, 0.2) is 0 Å². The third kappa shape index (κ3) is 3.66. The molecule has 0 unspecified atom stereocenters. The third-order valence-electron chi connectivity index (χ3n) is 4.34. The normalized spacial score (nSPS) is 11.4. The maximum absolute atomic E-state index is 12.9. The molecule has 0 saturated carbocycles. The summed E-state index contributed by atoms with van der Waals surface area (Å²) in [6, 6.07) is 9.24. The number of anilines is 1. The van der Waals surface area contributed by atoms with Crippen molar-refractivity contribution in [3.05, 3.63) is 58.7 Å². The number of carbonyl (C=O) groups is 1. The first-order valence-electron chi connectivity index (χ1n) is 8.25. The maximum Gasteiger partial charge on any atom is 0.259 e. The van der Waals surface area contributed by atoms with Gasteiger partial charge in [-0.3, -0.25) is 9.78 Å². The molecule has 3 rings (SSSR count). The Morgan fingerprint density at radius 3 is 2.61 bits per heavy atom. The number of hydrogen-bond donors (Lipinski definition) is 2. The average Bonchev–Trinajstić information content (AvgIpc) is 2.70. The first-order valence-corrected chi connectivity index (χ1v) is 10.1. The topological polar surface area (TPSA) is 97.4 Å². The fraction of sp³-hybridized carbons (Fsp3) is 0.158. The van der Waals surface area contributed by atoms with Gasteiger partial charge in [0.1, 0.15) is 5.75 Å². The Bertz CT molecular complexity index is 1180. The number of carbonyl (C=O) groups excluding carboxylic acids is 1. The quantitative estimate of drug-likeness (QED) is 0.660. The number of methoxy groups -OCH3 is 1. The predicted octanol–water partition coefficient (Wildman–Crippen LogP) is 3.37. The highest BCUT2D eigenvalue weighted by Crippen LogP contribution is 2.30. The van der Waals surface area contributed by atoms with Crippen molar-refractivity contribution in [2.75, 3.05) is 19.5 Å². The Labute approximate surface area is 167 Å². The highest BCUT2D eigenvalue weighted by molar-refractivity contribution is 7.89. The van der Waals surface area contributed by atoms with E-state index in [9.17, 15) is 13.2 Å². The standard InChI is InChI=1S/C19H18ClN3O4S/c1-11-15(20)6-5-13-16(8-9-22-18(11)13)23-19(24)14-10-12(28(25,26)21-2)4-7-17(14)27-3/h4-10,21H,1-3H3,(H,22,23,24). The van der Waals surface area contributed by atoms with Gasteiger partial charge in [0, 0.05) is 16.6 Å². The van der Waals surface area contributed by atoms with E-state index < -0.39 is 15.9 Å². The molecule has 1 amide bonds. The van der Waals surface area contributed by atoms with E-state index in [2.05, 4.69) is 15.0 Å². The van der Waals surface area contributed by atoms with E-state index in [-0.39, 0.29) is 16.2 Å². The number of pyridine rings is 1. The van der Waals surface area contributed by atoms with Crippen LogP contribution in [-0.4, -0.2) is 33.5 Å². The lowest BCUT2D eigenvalue weighted by Gasteiger charge is -2.13. The molecule has 0 atom stereocenters. The minimum absolute atomic E-state index is 0.0387. The summed E-state index contributed by atoms with van der Waals surface area (Å²) in [4.78, 5) is 17.2. The summed E-state index contributed by atoms with van der Waals surface area (Å²) in [5.74, 6) is -0.254. The van der Waals surface area contributed by atoms with Crippen molar-refractivity contribution in [1.29, 1.82) is 0 Å². The van der Waals surface area contributed by atoms with Gasteiger partial charge in [-0.05, 0) is 55.9 Å². The predicted molar refractivity (Wildman–Crippen MR) is 109 cm³/mol. The number of fused-ring (bicyclic) bond motifs is 1. The van der Waals surface area contributed by atoms with E-state index >= 15 is 0 Å². The van der Waals surface area contributed by atoms with Gasteiger partial charge in [0.25, 0.3) is 5.91 Å². The number of sulfonamides is 1. The van der Waals surface area contributed by atoms with Crippen molar-refractivity contribution in [2.45, 2.75) is 11.8 Å².